The molecule has 1 aromatic rings. The van der Waals surface area contributed by atoms with Crippen molar-refractivity contribution in [3.8, 4) is 0 Å². The Hall–Kier alpha value is -0.610. The van der Waals surface area contributed by atoms with Crippen molar-refractivity contribution in [2.75, 3.05) is 6.61 Å². The van der Waals surface area contributed by atoms with Crippen LogP contribution in [0, 0.1) is 0 Å². The number of Topliss-reactive ketones (excluding diaryl/α,β-unsaturated/α-hetero) is 1. The number of ether oxygens (including phenoxy) is 1. The van der Waals surface area contributed by atoms with E-state index >= 15 is 0 Å². The van der Waals surface area contributed by atoms with Crippen LogP contribution in [0.5, 0.6) is 0 Å². The summed E-state index contributed by atoms with van der Waals surface area (Å²) in [6.07, 6.45) is 0. The summed E-state index contributed by atoms with van der Waals surface area (Å²) in [6, 6.07) is 1.85. The molecule has 1 aliphatic rings. The zero-order valence-corrected chi connectivity index (χ0v) is 8.22. The maximum absolute atomic E-state index is 11.3. The second kappa shape index (κ2) is 2.71. The largest absolute Gasteiger partial charge is 0.367 e. The molecular formula is C8H8BrNO2. The molecule has 0 radical (unpaired) electrons. The van der Waals surface area contributed by atoms with Crippen LogP contribution in [0.25, 0.3) is 0 Å². The lowest BCUT2D eigenvalue weighted by atomic mass is 10.1. The summed E-state index contributed by atoms with van der Waals surface area (Å²) >= 11 is 3.36. The van der Waals surface area contributed by atoms with Gasteiger partial charge in [0.15, 0.2) is 5.78 Å². The number of hydrogen-bond donors (Lipinski definition) is 0. The van der Waals surface area contributed by atoms with E-state index in [0.717, 1.165) is 15.9 Å². The van der Waals surface area contributed by atoms with Gasteiger partial charge in [0.1, 0.15) is 6.61 Å². The standard InChI is InChI=1S/C8H8BrNO2/c1-10-6-3-12-4-7(11)5(6)2-8(10)9/h2H,3-4H2,1H3. The Kier molecular flexibility index (Phi) is 1.81. The van der Waals surface area contributed by atoms with Crippen molar-refractivity contribution in [3.05, 3.63) is 21.9 Å². The minimum atomic E-state index is 0.0672. The van der Waals surface area contributed by atoms with Gasteiger partial charge in [-0.1, -0.05) is 0 Å². The molecule has 64 valence electrons. The van der Waals surface area contributed by atoms with Gasteiger partial charge in [0, 0.05) is 12.6 Å². The molecule has 1 aromatic heterocycles. The Morgan fingerprint density at radius 3 is 3.00 bits per heavy atom. The predicted octanol–water partition coefficient (Wildman–Crippen LogP) is 1.50. The van der Waals surface area contributed by atoms with Crippen molar-refractivity contribution in [3.63, 3.8) is 0 Å². The summed E-state index contributed by atoms with van der Waals surface area (Å²) in [4.78, 5) is 11.3. The lowest BCUT2D eigenvalue weighted by Crippen LogP contribution is -2.18. The molecule has 0 spiro atoms. The molecule has 2 rings (SSSR count). The average Bonchev–Trinajstić information content (AvgIpc) is 2.32. The Morgan fingerprint density at radius 2 is 2.33 bits per heavy atom. The normalized spacial score (nSPS) is 16.3. The number of hydrogen-bond acceptors (Lipinski definition) is 2. The highest BCUT2D eigenvalue weighted by Gasteiger charge is 2.21. The van der Waals surface area contributed by atoms with E-state index in [1.54, 1.807) is 0 Å². The van der Waals surface area contributed by atoms with Gasteiger partial charge in [0.2, 0.25) is 0 Å². The molecule has 2 heterocycles. The number of ketones is 1. The van der Waals surface area contributed by atoms with E-state index in [2.05, 4.69) is 15.9 Å². The quantitative estimate of drug-likeness (QED) is 0.676. The number of nitrogens with zero attached hydrogens (tertiary/aromatic N) is 1. The van der Waals surface area contributed by atoms with E-state index in [9.17, 15) is 4.79 Å². The summed E-state index contributed by atoms with van der Waals surface area (Å²) in [5.41, 5.74) is 1.74. The highest BCUT2D eigenvalue weighted by molar-refractivity contribution is 9.10. The topological polar surface area (TPSA) is 31.2 Å². The van der Waals surface area contributed by atoms with Crippen molar-refractivity contribution < 1.29 is 9.53 Å². The van der Waals surface area contributed by atoms with E-state index in [-0.39, 0.29) is 12.4 Å². The van der Waals surface area contributed by atoms with E-state index < -0.39 is 0 Å². The van der Waals surface area contributed by atoms with E-state index in [1.807, 2.05) is 17.7 Å². The number of halogens is 1. The first-order valence-corrected chi connectivity index (χ1v) is 4.44. The smallest absolute Gasteiger partial charge is 0.190 e. The summed E-state index contributed by atoms with van der Waals surface area (Å²) in [5.74, 6) is 0.0672. The Bertz CT molecular complexity index is 343. The first kappa shape index (κ1) is 8.01. The van der Waals surface area contributed by atoms with E-state index in [0.29, 0.717) is 6.61 Å². The van der Waals surface area contributed by atoms with Crippen LogP contribution in [0.2, 0.25) is 0 Å². The van der Waals surface area contributed by atoms with Crippen LogP contribution in [0.4, 0.5) is 0 Å². The van der Waals surface area contributed by atoms with Crippen LogP contribution >= 0.6 is 15.9 Å². The number of rotatable bonds is 0. The van der Waals surface area contributed by atoms with Gasteiger partial charge in [-0.2, -0.15) is 0 Å². The van der Waals surface area contributed by atoms with Gasteiger partial charge in [-0.25, -0.2) is 0 Å². The number of carbonyl (C=O) groups excluding carboxylic acids is 1. The summed E-state index contributed by atoms with van der Waals surface area (Å²) in [6.45, 7) is 0.743. The van der Waals surface area contributed by atoms with Crippen molar-refractivity contribution >= 4 is 21.7 Å². The first-order chi connectivity index (χ1) is 5.70. The van der Waals surface area contributed by atoms with Crippen LogP contribution in [0.15, 0.2) is 10.7 Å². The van der Waals surface area contributed by atoms with Crippen molar-refractivity contribution in [2.45, 2.75) is 6.61 Å². The molecule has 0 amide bonds. The lowest BCUT2D eigenvalue weighted by molar-refractivity contribution is 0.0651. The zero-order chi connectivity index (χ0) is 8.72. The Balaban J connectivity index is 2.60. The molecule has 0 saturated heterocycles. The second-order valence-corrected chi connectivity index (χ2v) is 3.61. The van der Waals surface area contributed by atoms with Crippen LogP contribution < -0.4 is 0 Å². The molecule has 0 N–H and O–H groups in total. The maximum atomic E-state index is 11.3. The fourth-order valence-electron chi connectivity index (χ4n) is 1.34. The molecule has 0 unspecified atom stereocenters. The van der Waals surface area contributed by atoms with Crippen LogP contribution in [0.1, 0.15) is 16.1 Å². The molecular weight excluding hydrogens is 222 g/mol. The fraction of sp³-hybridized carbons (Fsp3) is 0.375. The van der Waals surface area contributed by atoms with Crippen LogP contribution in [0.3, 0.4) is 0 Å². The van der Waals surface area contributed by atoms with Gasteiger partial charge in [0.25, 0.3) is 0 Å². The second-order valence-electron chi connectivity index (χ2n) is 2.80. The Labute approximate surface area is 78.4 Å². The first-order valence-electron chi connectivity index (χ1n) is 3.65. The van der Waals surface area contributed by atoms with Crippen LogP contribution in [-0.4, -0.2) is 17.0 Å². The highest BCUT2D eigenvalue weighted by Crippen LogP contribution is 2.23. The van der Waals surface area contributed by atoms with Gasteiger partial charge < -0.3 is 9.30 Å². The lowest BCUT2D eigenvalue weighted by Gasteiger charge is -2.12. The van der Waals surface area contributed by atoms with Crippen molar-refractivity contribution in [1.29, 1.82) is 0 Å². The van der Waals surface area contributed by atoms with Crippen LogP contribution in [-0.2, 0) is 18.4 Å². The minimum Gasteiger partial charge on any atom is -0.367 e. The fourth-order valence-corrected chi connectivity index (χ4v) is 1.79. The van der Waals surface area contributed by atoms with Gasteiger partial charge in [-0.3, -0.25) is 4.79 Å². The van der Waals surface area contributed by atoms with Gasteiger partial charge in [-0.05, 0) is 22.0 Å². The molecule has 0 saturated carbocycles. The van der Waals surface area contributed by atoms with Gasteiger partial charge in [0.05, 0.1) is 16.9 Å². The zero-order valence-electron chi connectivity index (χ0n) is 6.63. The summed E-state index contributed by atoms with van der Waals surface area (Å²) in [5, 5.41) is 0. The molecule has 0 aliphatic carbocycles. The summed E-state index contributed by atoms with van der Waals surface area (Å²) < 4.78 is 7.96. The molecule has 0 atom stereocenters. The SMILES string of the molecule is Cn1c(Br)cc2c1COCC2=O. The third-order valence-corrected chi connectivity index (χ3v) is 2.83. The predicted molar refractivity (Wildman–Crippen MR) is 47.1 cm³/mol. The van der Waals surface area contributed by atoms with Gasteiger partial charge in [-0.15, -0.1) is 0 Å². The molecule has 0 fully saturated rings. The Morgan fingerprint density at radius 1 is 1.58 bits per heavy atom. The average molecular weight is 230 g/mol. The number of fused-ring (bicyclic) bond motifs is 1. The molecule has 3 nitrogen and oxygen atoms in total. The number of carbonyl (C=O) groups is 1. The minimum absolute atomic E-state index is 0.0672. The third-order valence-electron chi connectivity index (χ3n) is 2.07. The van der Waals surface area contributed by atoms with Gasteiger partial charge >= 0.3 is 0 Å². The maximum Gasteiger partial charge on any atom is 0.190 e. The molecule has 4 heteroatoms. The number of aromatic nitrogens is 1. The molecule has 12 heavy (non-hydrogen) atoms. The highest BCUT2D eigenvalue weighted by atomic mass is 79.9. The molecule has 1 aliphatic heterocycles. The van der Waals surface area contributed by atoms with Crippen molar-refractivity contribution in [2.24, 2.45) is 7.05 Å². The third kappa shape index (κ3) is 1.03. The summed E-state index contributed by atoms with van der Waals surface area (Å²) in [7, 11) is 1.91. The van der Waals surface area contributed by atoms with E-state index in [1.165, 1.54) is 0 Å². The van der Waals surface area contributed by atoms with E-state index in [4.69, 9.17) is 4.74 Å². The monoisotopic (exact) mass is 229 g/mol. The molecule has 0 aromatic carbocycles. The van der Waals surface area contributed by atoms with Crippen molar-refractivity contribution in [1.82, 2.24) is 4.57 Å². The molecule has 0 bridgehead atoms.